The van der Waals surface area contributed by atoms with Gasteiger partial charge in [0.05, 0.1) is 31.2 Å². The molecule has 1 heterocycles. The average Bonchev–Trinajstić information content (AvgIpc) is 2.95. The lowest BCUT2D eigenvalue weighted by Crippen LogP contribution is -2.52. The predicted octanol–water partition coefficient (Wildman–Crippen LogP) is 4.58. The van der Waals surface area contributed by atoms with Crippen LogP contribution >= 0.6 is 0 Å². The van der Waals surface area contributed by atoms with Crippen molar-refractivity contribution in [3.05, 3.63) is 77.9 Å². The molecule has 0 aliphatic carbocycles. The number of aryl methyl sites for hydroxylation is 1. The Hall–Kier alpha value is -3.93. The normalized spacial score (nSPS) is 14.2. The van der Waals surface area contributed by atoms with Gasteiger partial charge in [0.15, 0.2) is 0 Å². The number of halogens is 3. The number of hydrogen-bond acceptors (Lipinski definition) is 6. The van der Waals surface area contributed by atoms with Crippen molar-refractivity contribution in [3.8, 4) is 11.5 Å². The number of alkyl halides is 3. The summed E-state index contributed by atoms with van der Waals surface area (Å²) in [5, 5.41) is 0. The minimum Gasteiger partial charge on any atom is -0.495 e. The van der Waals surface area contributed by atoms with E-state index >= 15 is 0 Å². The third kappa shape index (κ3) is 6.11. The van der Waals surface area contributed by atoms with Gasteiger partial charge in [-0.05, 0) is 55.0 Å². The second-order valence-electron chi connectivity index (χ2n) is 9.25. The van der Waals surface area contributed by atoms with Gasteiger partial charge in [0.25, 0.3) is 10.0 Å². The fraction of sp³-hybridized carbons (Fsp3) is 0.321. The quantitative estimate of drug-likeness (QED) is 0.390. The zero-order chi connectivity index (χ0) is 29.1. The Morgan fingerprint density at radius 2 is 1.57 bits per heavy atom. The summed E-state index contributed by atoms with van der Waals surface area (Å²) in [6, 6.07) is 15.9. The van der Waals surface area contributed by atoms with E-state index in [2.05, 4.69) is 4.90 Å². The molecule has 8 nitrogen and oxygen atoms in total. The molecule has 1 aliphatic heterocycles. The third-order valence-electron chi connectivity index (χ3n) is 6.69. The Morgan fingerprint density at radius 3 is 2.23 bits per heavy atom. The summed E-state index contributed by atoms with van der Waals surface area (Å²) >= 11 is 0. The van der Waals surface area contributed by atoms with Gasteiger partial charge in [0.2, 0.25) is 5.91 Å². The van der Waals surface area contributed by atoms with Crippen molar-refractivity contribution in [2.75, 3.05) is 56.1 Å². The highest BCUT2D eigenvalue weighted by Gasteiger charge is 2.35. The smallest absolute Gasteiger partial charge is 0.416 e. The van der Waals surface area contributed by atoms with E-state index < -0.39 is 34.2 Å². The highest BCUT2D eigenvalue weighted by molar-refractivity contribution is 7.93. The molecule has 40 heavy (non-hydrogen) atoms. The summed E-state index contributed by atoms with van der Waals surface area (Å²) in [4.78, 5) is 16.8. The fourth-order valence-corrected chi connectivity index (χ4v) is 6.22. The number of hydrogen-bond donors (Lipinski definition) is 0. The van der Waals surface area contributed by atoms with Crippen LogP contribution in [0, 0.1) is 6.92 Å². The van der Waals surface area contributed by atoms with E-state index in [1.54, 1.807) is 20.1 Å². The van der Waals surface area contributed by atoms with Crippen molar-refractivity contribution in [1.29, 1.82) is 0 Å². The minimum absolute atomic E-state index is 0.0143. The van der Waals surface area contributed by atoms with Gasteiger partial charge in [-0.2, -0.15) is 13.2 Å². The largest absolute Gasteiger partial charge is 0.495 e. The number of ether oxygens (including phenoxy) is 2. The van der Waals surface area contributed by atoms with Crippen LogP contribution in [0.15, 0.2) is 71.6 Å². The molecular formula is C28H30F3N3O5S. The lowest BCUT2D eigenvalue weighted by Gasteiger charge is -2.37. The van der Waals surface area contributed by atoms with Gasteiger partial charge in [-0.1, -0.05) is 24.3 Å². The summed E-state index contributed by atoms with van der Waals surface area (Å²) in [6.45, 7) is 2.51. The Labute approximate surface area is 231 Å². The molecule has 0 bridgehead atoms. The number of anilines is 2. The lowest BCUT2D eigenvalue weighted by atomic mass is 10.2. The number of rotatable bonds is 8. The first kappa shape index (κ1) is 29.1. The molecule has 214 valence electrons. The number of amides is 1. The molecule has 0 atom stereocenters. The van der Waals surface area contributed by atoms with Gasteiger partial charge in [-0.25, -0.2) is 8.42 Å². The standard InChI is InChI=1S/C28H30F3N3O5S/c1-20-11-12-25(39-3)26(17-20)40(36,37)34(22-8-6-7-21(18-22)28(29,30)31)19-27(35)33-15-13-32(14-16-33)23-9-4-5-10-24(23)38-2/h4-12,17-18H,13-16,19H2,1-3H3. The maximum absolute atomic E-state index is 13.9. The van der Waals surface area contributed by atoms with Crippen molar-refractivity contribution in [3.63, 3.8) is 0 Å². The SMILES string of the molecule is COc1ccccc1N1CCN(C(=O)CN(c2cccc(C(F)(F)F)c2)S(=O)(=O)c2cc(C)ccc2OC)CC1. The summed E-state index contributed by atoms with van der Waals surface area (Å²) < 4.78 is 79.8. The summed E-state index contributed by atoms with van der Waals surface area (Å²) in [7, 11) is -1.64. The molecule has 12 heteroatoms. The van der Waals surface area contributed by atoms with Gasteiger partial charge in [-0.3, -0.25) is 9.10 Å². The van der Waals surface area contributed by atoms with Crippen LogP contribution < -0.4 is 18.7 Å². The Morgan fingerprint density at radius 1 is 0.900 bits per heavy atom. The number of carbonyl (C=O) groups excluding carboxylic acids is 1. The van der Waals surface area contributed by atoms with Crippen LogP contribution in [0.4, 0.5) is 24.5 Å². The number of methoxy groups -OCH3 is 2. The van der Waals surface area contributed by atoms with E-state index in [9.17, 15) is 26.4 Å². The number of piperazine rings is 1. The van der Waals surface area contributed by atoms with Crippen LogP contribution in [-0.4, -0.2) is 66.2 Å². The minimum atomic E-state index is -4.70. The van der Waals surface area contributed by atoms with Crippen LogP contribution in [0.3, 0.4) is 0 Å². The molecular weight excluding hydrogens is 547 g/mol. The van der Waals surface area contributed by atoms with Crippen molar-refractivity contribution in [2.24, 2.45) is 0 Å². The molecule has 0 radical (unpaired) electrons. The topological polar surface area (TPSA) is 79.4 Å². The van der Waals surface area contributed by atoms with E-state index in [0.29, 0.717) is 41.8 Å². The molecule has 1 saturated heterocycles. The Balaban J connectivity index is 1.64. The van der Waals surface area contributed by atoms with Crippen LogP contribution in [0.2, 0.25) is 0 Å². The number of sulfonamides is 1. The van der Waals surface area contributed by atoms with E-state index in [0.717, 1.165) is 23.9 Å². The van der Waals surface area contributed by atoms with Crippen molar-refractivity contribution in [2.45, 2.75) is 18.0 Å². The van der Waals surface area contributed by atoms with Crippen LogP contribution in [-0.2, 0) is 21.0 Å². The van der Waals surface area contributed by atoms with E-state index in [1.165, 1.54) is 30.2 Å². The first-order valence-electron chi connectivity index (χ1n) is 12.5. The Bertz CT molecular complexity index is 1470. The summed E-state index contributed by atoms with van der Waals surface area (Å²) in [5.41, 5.74) is 0.164. The van der Waals surface area contributed by atoms with E-state index in [1.807, 2.05) is 24.3 Å². The van der Waals surface area contributed by atoms with Crippen molar-refractivity contribution < 1.29 is 35.9 Å². The first-order chi connectivity index (χ1) is 19.0. The number of carbonyl (C=O) groups is 1. The zero-order valence-electron chi connectivity index (χ0n) is 22.3. The first-order valence-corrected chi connectivity index (χ1v) is 13.9. The van der Waals surface area contributed by atoms with Gasteiger partial charge in [-0.15, -0.1) is 0 Å². The molecule has 0 N–H and O–H groups in total. The lowest BCUT2D eigenvalue weighted by molar-refractivity contribution is -0.137. The predicted molar refractivity (Wildman–Crippen MR) is 145 cm³/mol. The summed E-state index contributed by atoms with van der Waals surface area (Å²) in [6.07, 6.45) is -4.70. The maximum Gasteiger partial charge on any atom is 0.416 e. The zero-order valence-corrected chi connectivity index (χ0v) is 23.1. The van der Waals surface area contributed by atoms with Crippen molar-refractivity contribution in [1.82, 2.24) is 4.90 Å². The molecule has 1 aliphatic rings. The fourth-order valence-electron chi connectivity index (χ4n) is 4.57. The molecule has 4 rings (SSSR count). The molecule has 0 spiro atoms. The van der Waals surface area contributed by atoms with Gasteiger partial charge in [0.1, 0.15) is 22.9 Å². The number of para-hydroxylation sites is 2. The molecule has 0 saturated carbocycles. The van der Waals surface area contributed by atoms with Gasteiger partial charge in [0, 0.05) is 26.2 Å². The highest BCUT2D eigenvalue weighted by atomic mass is 32.2. The van der Waals surface area contributed by atoms with E-state index in [4.69, 9.17) is 9.47 Å². The van der Waals surface area contributed by atoms with Crippen LogP contribution in [0.5, 0.6) is 11.5 Å². The summed E-state index contributed by atoms with van der Waals surface area (Å²) in [5.74, 6) is 0.170. The Kier molecular flexibility index (Phi) is 8.48. The molecule has 0 aromatic heterocycles. The maximum atomic E-state index is 13.9. The molecule has 3 aromatic carbocycles. The highest BCUT2D eigenvalue weighted by Crippen LogP contribution is 2.35. The molecule has 0 unspecified atom stereocenters. The third-order valence-corrected chi connectivity index (χ3v) is 8.48. The number of benzene rings is 3. The second-order valence-corrected chi connectivity index (χ2v) is 11.1. The molecule has 1 amide bonds. The van der Waals surface area contributed by atoms with E-state index in [-0.39, 0.29) is 16.3 Å². The van der Waals surface area contributed by atoms with Crippen molar-refractivity contribution >= 4 is 27.3 Å². The van der Waals surface area contributed by atoms with Crippen LogP contribution in [0.1, 0.15) is 11.1 Å². The van der Waals surface area contributed by atoms with Crippen LogP contribution in [0.25, 0.3) is 0 Å². The monoisotopic (exact) mass is 577 g/mol. The van der Waals surface area contributed by atoms with Gasteiger partial charge < -0.3 is 19.3 Å². The number of nitrogens with zero attached hydrogens (tertiary/aromatic N) is 3. The second kappa shape index (κ2) is 11.7. The van der Waals surface area contributed by atoms with Gasteiger partial charge >= 0.3 is 6.18 Å². The molecule has 3 aromatic rings. The average molecular weight is 578 g/mol. The molecule has 1 fully saturated rings.